The van der Waals surface area contributed by atoms with E-state index in [1.807, 2.05) is 18.3 Å². The fourth-order valence-corrected chi connectivity index (χ4v) is 3.91. The van der Waals surface area contributed by atoms with Crippen LogP contribution in [0, 0.1) is 6.92 Å². The van der Waals surface area contributed by atoms with Crippen LogP contribution in [0.4, 0.5) is 0 Å². The molecule has 7 heteroatoms. The predicted molar refractivity (Wildman–Crippen MR) is 119 cm³/mol. The molecule has 0 atom stereocenters. The van der Waals surface area contributed by atoms with Crippen molar-refractivity contribution in [2.24, 2.45) is 4.99 Å². The Morgan fingerprint density at radius 1 is 1.31 bits per heavy atom. The lowest BCUT2D eigenvalue weighted by Crippen LogP contribution is -2.45. The fourth-order valence-electron chi connectivity index (χ4n) is 3.13. The zero-order valence-corrected chi connectivity index (χ0v) is 18.5. The van der Waals surface area contributed by atoms with Gasteiger partial charge in [0.15, 0.2) is 5.96 Å². The van der Waals surface area contributed by atoms with E-state index in [4.69, 9.17) is 9.41 Å². The molecular formula is C19H29IN4OS. The second-order valence-electron chi connectivity index (χ2n) is 6.58. The van der Waals surface area contributed by atoms with E-state index in [0.717, 1.165) is 42.7 Å². The molecule has 1 aliphatic carbocycles. The van der Waals surface area contributed by atoms with Crippen LogP contribution in [0.1, 0.15) is 47.7 Å². The second kappa shape index (κ2) is 11.6. The molecular weight excluding hydrogens is 459 g/mol. The summed E-state index contributed by atoms with van der Waals surface area (Å²) >= 11 is 1.76. The quantitative estimate of drug-likeness (QED) is 0.346. The Labute approximate surface area is 177 Å². The van der Waals surface area contributed by atoms with Gasteiger partial charge in [0, 0.05) is 43.0 Å². The topological polar surface area (TPSA) is 62.5 Å². The first-order chi connectivity index (χ1) is 12.3. The maximum Gasteiger partial charge on any atom is 0.191 e. The lowest BCUT2D eigenvalue weighted by Gasteiger charge is -2.25. The van der Waals surface area contributed by atoms with Crippen LogP contribution < -0.4 is 10.6 Å². The Kier molecular flexibility index (Phi) is 9.45. The van der Waals surface area contributed by atoms with Gasteiger partial charge in [0.1, 0.15) is 5.76 Å². The highest BCUT2D eigenvalue weighted by molar-refractivity contribution is 14.0. The highest BCUT2D eigenvalue weighted by atomic mass is 127. The summed E-state index contributed by atoms with van der Waals surface area (Å²) in [6.45, 7) is 3.68. The molecule has 1 aliphatic rings. The summed E-state index contributed by atoms with van der Waals surface area (Å²) < 4.78 is 5.40. The van der Waals surface area contributed by atoms with Gasteiger partial charge in [0.05, 0.1) is 11.3 Å². The fraction of sp³-hybridized carbons (Fsp3) is 0.579. The number of nitrogens with one attached hydrogen (secondary N) is 2. The normalized spacial score (nSPS) is 15.5. The van der Waals surface area contributed by atoms with E-state index in [-0.39, 0.29) is 24.0 Å². The third-order valence-electron chi connectivity index (χ3n) is 4.45. The lowest BCUT2D eigenvalue weighted by molar-refractivity contribution is 0.409. The number of aromatic nitrogens is 1. The van der Waals surface area contributed by atoms with Gasteiger partial charge in [-0.3, -0.25) is 4.99 Å². The summed E-state index contributed by atoms with van der Waals surface area (Å²) in [6.07, 6.45) is 11.9. The Hall–Kier alpha value is -1.09. The summed E-state index contributed by atoms with van der Waals surface area (Å²) in [4.78, 5) is 10.5. The number of rotatable bonds is 7. The molecule has 0 aromatic carbocycles. The highest BCUT2D eigenvalue weighted by Crippen LogP contribution is 2.17. The minimum absolute atomic E-state index is 0. The van der Waals surface area contributed by atoms with E-state index < -0.39 is 0 Å². The van der Waals surface area contributed by atoms with Crippen molar-refractivity contribution in [3.05, 3.63) is 40.2 Å². The van der Waals surface area contributed by atoms with E-state index in [9.17, 15) is 0 Å². The van der Waals surface area contributed by atoms with Crippen LogP contribution in [0.5, 0.6) is 0 Å². The van der Waals surface area contributed by atoms with Gasteiger partial charge in [-0.05, 0) is 31.9 Å². The smallest absolute Gasteiger partial charge is 0.191 e. The number of aliphatic imine (C=N–C) groups is 1. The average molecular weight is 488 g/mol. The van der Waals surface area contributed by atoms with Crippen molar-refractivity contribution in [2.45, 2.75) is 57.9 Å². The number of aryl methyl sites for hydroxylation is 1. The Balaban J connectivity index is 0.00000243. The van der Waals surface area contributed by atoms with Crippen LogP contribution in [-0.4, -0.2) is 30.1 Å². The number of halogens is 1. The predicted octanol–water partition coefficient (Wildman–Crippen LogP) is 4.32. The molecule has 0 saturated heterocycles. The van der Waals surface area contributed by atoms with Crippen LogP contribution >= 0.6 is 35.3 Å². The zero-order chi connectivity index (χ0) is 17.3. The third kappa shape index (κ3) is 7.26. The van der Waals surface area contributed by atoms with Crippen molar-refractivity contribution in [3.63, 3.8) is 0 Å². The first-order valence-corrected chi connectivity index (χ1v) is 10.1. The second-order valence-corrected chi connectivity index (χ2v) is 7.90. The van der Waals surface area contributed by atoms with Gasteiger partial charge < -0.3 is 15.1 Å². The summed E-state index contributed by atoms with van der Waals surface area (Å²) in [7, 11) is 0. The van der Waals surface area contributed by atoms with E-state index in [1.54, 1.807) is 17.6 Å². The van der Waals surface area contributed by atoms with E-state index >= 15 is 0 Å². The number of nitrogens with zero attached hydrogens (tertiary/aromatic N) is 2. The molecule has 1 fully saturated rings. The first-order valence-electron chi connectivity index (χ1n) is 9.28. The van der Waals surface area contributed by atoms with Crippen molar-refractivity contribution in [2.75, 3.05) is 13.1 Å². The monoisotopic (exact) mass is 488 g/mol. The number of hydrogen-bond donors (Lipinski definition) is 2. The summed E-state index contributed by atoms with van der Waals surface area (Å²) in [6, 6.07) is 4.49. The molecule has 26 heavy (non-hydrogen) atoms. The third-order valence-corrected chi connectivity index (χ3v) is 5.43. The first kappa shape index (κ1) is 21.2. The number of guanidine groups is 1. The molecule has 3 rings (SSSR count). The molecule has 2 aromatic rings. The van der Waals surface area contributed by atoms with Crippen LogP contribution in [0.3, 0.4) is 0 Å². The number of thiazole rings is 1. The van der Waals surface area contributed by atoms with E-state index in [0.29, 0.717) is 6.04 Å². The van der Waals surface area contributed by atoms with Gasteiger partial charge in [-0.25, -0.2) is 4.98 Å². The number of hydrogen-bond acceptors (Lipinski definition) is 4. The lowest BCUT2D eigenvalue weighted by atomic mass is 9.96. The number of furan rings is 1. The largest absolute Gasteiger partial charge is 0.469 e. The summed E-state index contributed by atoms with van der Waals surface area (Å²) in [5, 5.41) is 8.24. The molecule has 5 nitrogen and oxygen atoms in total. The van der Waals surface area contributed by atoms with Gasteiger partial charge in [0.2, 0.25) is 0 Å². The zero-order valence-electron chi connectivity index (χ0n) is 15.4. The van der Waals surface area contributed by atoms with Gasteiger partial charge in [0.25, 0.3) is 0 Å². The molecule has 0 radical (unpaired) electrons. The van der Waals surface area contributed by atoms with Gasteiger partial charge in [-0.2, -0.15) is 0 Å². The van der Waals surface area contributed by atoms with Crippen molar-refractivity contribution < 1.29 is 4.42 Å². The molecule has 144 valence electrons. The summed E-state index contributed by atoms with van der Waals surface area (Å²) in [5.41, 5.74) is 0. The maximum atomic E-state index is 5.40. The van der Waals surface area contributed by atoms with Crippen LogP contribution in [-0.2, 0) is 12.8 Å². The molecule has 2 N–H and O–H groups in total. The van der Waals surface area contributed by atoms with Gasteiger partial charge >= 0.3 is 0 Å². The Bertz CT molecular complexity index is 650. The standard InChI is InChI=1S/C19H28N4OS.HI/c1-15-14-22-18(25-15)10-12-21-19(23-16-6-3-2-4-7-16)20-11-9-17-8-5-13-24-17;/h5,8,13-14,16H,2-4,6-7,9-12H2,1H3,(H2,20,21,23);1H. The molecule has 0 spiro atoms. The van der Waals surface area contributed by atoms with Crippen molar-refractivity contribution in [3.8, 4) is 0 Å². The summed E-state index contributed by atoms with van der Waals surface area (Å²) in [5.74, 6) is 1.93. The minimum atomic E-state index is 0. The van der Waals surface area contributed by atoms with Crippen molar-refractivity contribution in [1.82, 2.24) is 15.6 Å². The molecule has 0 unspecified atom stereocenters. The van der Waals surface area contributed by atoms with Gasteiger partial charge in [-0.1, -0.05) is 19.3 Å². The molecule has 0 amide bonds. The van der Waals surface area contributed by atoms with Crippen LogP contribution in [0.15, 0.2) is 34.0 Å². The molecule has 2 aromatic heterocycles. The minimum Gasteiger partial charge on any atom is -0.469 e. The van der Waals surface area contributed by atoms with E-state index in [2.05, 4.69) is 22.5 Å². The maximum absolute atomic E-state index is 5.40. The van der Waals surface area contributed by atoms with E-state index in [1.165, 1.54) is 37.0 Å². The molecule has 1 saturated carbocycles. The average Bonchev–Trinajstić information content (AvgIpc) is 3.27. The highest BCUT2D eigenvalue weighted by Gasteiger charge is 2.14. The molecule has 0 bridgehead atoms. The Morgan fingerprint density at radius 2 is 2.15 bits per heavy atom. The molecule has 0 aliphatic heterocycles. The van der Waals surface area contributed by atoms with Crippen LogP contribution in [0.25, 0.3) is 0 Å². The molecule has 2 heterocycles. The van der Waals surface area contributed by atoms with Crippen molar-refractivity contribution in [1.29, 1.82) is 0 Å². The van der Waals surface area contributed by atoms with Crippen molar-refractivity contribution >= 4 is 41.3 Å². The SMILES string of the molecule is Cc1cnc(CCN=C(NCCc2ccco2)NC2CCCCC2)s1.I. The van der Waals surface area contributed by atoms with Crippen LogP contribution in [0.2, 0.25) is 0 Å². The Morgan fingerprint density at radius 3 is 2.85 bits per heavy atom. The van der Waals surface area contributed by atoms with Gasteiger partial charge in [-0.15, -0.1) is 35.3 Å².